The van der Waals surface area contributed by atoms with Gasteiger partial charge in [0.05, 0.1) is 0 Å². The smallest absolute Gasteiger partial charge is 1.00 e. The summed E-state index contributed by atoms with van der Waals surface area (Å²) in [6.45, 7) is 9.66. The first-order chi connectivity index (χ1) is 16.0. The molecular weight excluding hydrogens is 603 g/mol. The standard InChI is InChI=1S/C19H17.C9H13.4CH3.2ClH.2H2Si.Zr/c1-13-10-16-12-15-8-5-9-17(15)19(18(16)11-13)14-6-3-2-4-7-14;1-2-3-6-9-7-4-5-8-9;;;;;;;;;/h2-4,6-7,10-12H,5,8-9H2,1H3;4-5,7-8H,2-3,6H2,1H3;4*1H3;2*1H;2*1H2;/q;;;;;;;;;;-6/p-2. The Labute approximate surface area is 231 Å². The monoisotopic (exact) mass is 646 g/mol. The van der Waals surface area contributed by atoms with Gasteiger partial charge in [-0.2, -0.15) is 0 Å². The third kappa shape index (κ3) is 4.88. The summed E-state index contributed by atoms with van der Waals surface area (Å²) in [4.78, 5) is 0. The van der Waals surface area contributed by atoms with Gasteiger partial charge in [0.2, 0.25) is 0 Å². The van der Waals surface area contributed by atoms with Gasteiger partial charge >= 0.3 is 209 Å². The number of fused-ring (bicyclic) bond motifs is 2. The van der Waals surface area contributed by atoms with Crippen molar-refractivity contribution in [1.82, 2.24) is 0 Å². The van der Waals surface area contributed by atoms with Crippen LogP contribution in [-0.4, -0.2) is 13.8 Å². The van der Waals surface area contributed by atoms with Gasteiger partial charge in [-0.1, -0.05) is 0 Å². The van der Waals surface area contributed by atoms with Crippen molar-refractivity contribution in [3.05, 3.63) is 88.0 Å². The molecule has 5 heteroatoms. The molecule has 37 heavy (non-hydrogen) atoms. The molecule has 0 aromatic heterocycles. The third-order valence-electron chi connectivity index (χ3n) is 10.1. The second-order valence-electron chi connectivity index (χ2n) is 18.0. The minimum atomic E-state index is -4.93. The molecule has 3 aliphatic carbocycles. The van der Waals surface area contributed by atoms with E-state index in [0.717, 1.165) is 0 Å². The van der Waals surface area contributed by atoms with Gasteiger partial charge in [0.25, 0.3) is 0 Å². The third-order valence-corrected chi connectivity index (χ3v) is 41.6. The SMILES string of the molecule is CCCCC1=C[CH]([Zr-6]([CH3])([CH3])([CH3])([CH3])(=[SiH2])(=[SiH2])[CH]2C(C)=Cc3c2cc2c(c3-c3ccccc3)CCC2)C=C1.[Cl-].[Cl-]. The molecule has 0 N–H and O–H groups in total. The summed E-state index contributed by atoms with van der Waals surface area (Å²) < 4.78 is 12.1. The molecule has 0 nitrogen and oxygen atoms in total. The van der Waals surface area contributed by atoms with Crippen molar-refractivity contribution in [1.29, 1.82) is 0 Å². The van der Waals surface area contributed by atoms with E-state index in [4.69, 9.17) is 0 Å². The summed E-state index contributed by atoms with van der Waals surface area (Å²) >= 11 is -4.93. The van der Waals surface area contributed by atoms with E-state index < -0.39 is 11.6 Å². The van der Waals surface area contributed by atoms with Gasteiger partial charge < -0.3 is 24.8 Å². The number of aryl methyl sites for hydroxylation is 1. The Morgan fingerprint density at radius 3 is 2.30 bits per heavy atom. The van der Waals surface area contributed by atoms with Gasteiger partial charge in [-0.15, -0.1) is 0 Å². The van der Waals surface area contributed by atoms with E-state index in [2.05, 4.69) is 107 Å². The quantitative estimate of drug-likeness (QED) is 0.423. The normalized spacial score (nSPS) is 24.2. The van der Waals surface area contributed by atoms with Crippen LogP contribution in [0.25, 0.3) is 17.2 Å². The maximum atomic E-state index is 2.78. The van der Waals surface area contributed by atoms with Gasteiger partial charge in [-0.25, -0.2) is 0 Å². The fraction of sp³-hybridized carbons (Fsp3) is 0.438. The zero-order valence-corrected chi connectivity index (χ0v) is 30.6. The zero-order valence-electron chi connectivity index (χ0n) is 23.8. The van der Waals surface area contributed by atoms with Crippen LogP contribution in [0.3, 0.4) is 0 Å². The predicted molar refractivity (Wildman–Crippen MR) is 161 cm³/mol. The van der Waals surface area contributed by atoms with Crippen LogP contribution >= 0.6 is 0 Å². The van der Waals surface area contributed by atoms with Gasteiger partial charge in [0, 0.05) is 0 Å². The van der Waals surface area contributed by atoms with E-state index in [1.165, 1.54) is 55.2 Å². The minimum Gasteiger partial charge on any atom is -1.00 e. The molecule has 0 saturated carbocycles. The Morgan fingerprint density at radius 2 is 1.65 bits per heavy atom. The summed E-state index contributed by atoms with van der Waals surface area (Å²) in [5.74, 6) is 0. The van der Waals surface area contributed by atoms with Crippen LogP contribution in [0.2, 0.25) is 22.2 Å². The van der Waals surface area contributed by atoms with E-state index in [9.17, 15) is 0 Å². The summed E-state index contributed by atoms with van der Waals surface area (Å²) in [7, 11) is 0. The zero-order chi connectivity index (χ0) is 25.4. The molecule has 208 valence electrons. The number of halogens is 2. The molecule has 0 aliphatic heterocycles. The fourth-order valence-corrected chi connectivity index (χ4v) is 36.8. The van der Waals surface area contributed by atoms with Crippen molar-refractivity contribution >= 4 is 19.8 Å². The molecule has 0 amide bonds. The minimum absolute atomic E-state index is 0. The van der Waals surface area contributed by atoms with E-state index in [1.807, 2.05) is 0 Å². The Kier molecular flexibility index (Phi) is 6.59. The van der Waals surface area contributed by atoms with E-state index >= 15 is 0 Å². The number of unbranched alkanes of at least 4 members (excludes halogenated alkanes) is 1. The van der Waals surface area contributed by atoms with Crippen LogP contribution in [0.1, 0.15) is 65.4 Å². The Hall–Kier alpha value is -0.443. The number of hydrogen-bond acceptors (Lipinski definition) is 0. The maximum absolute atomic E-state index is 4.93. The van der Waals surface area contributed by atoms with E-state index in [-0.39, 0.29) is 24.8 Å². The number of allylic oxidation sites excluding steroid dienone is 5. The van der Waals surface area contributed by atoms with E-state index in [0.29, 0.717) is 7.25 Å². The largest absolute Gasteiger partial charge is 1.00 e. The van der Waals surface area contributed by atoms with Crippen LogP contribution < -0.4 is 24.8 Å². The number of rotatable bonds is 6. The molecule has 0 spiro atoms. The molecule has 2 aromatic carbocycles. The van der Waals surface area contributed by atoms with Gasteiger partial charge in [-0.3, -0.25) is 0 Å². The van der Waals surface area contributed by atoms with Crippen LogP contribution in [0.5, 0.6) is 0 Å². The summed E-state index contributed by atoms with van der Waals surface area (Å²) in [5, 5.41) is 0. The van der Waals surface area contributed by atoms with Crippen LogP contribution in [0.4, 0.5) is 0 Å². The van der Waals surface area contributed by atoms with Crippen molar-refractivity contribution in [3.8, 4) is 11.1 Å². The molecule has 0 radical (unpaired) electrons. The van der Waals surface area contributed by atoms with Crippen molar-refractivity contribution in [2.45, 2.75) is 78.2 Å². The van der Waals surface area contributed by atoms with Crippen LogP contribution in [0.15, 0.2) is 65.8 Å². The van der Waals surface area contributed by atoms with Gasteiger partial charge in [0.1, 0.15) is 0 Å². The maximum Gasteiger partial charge on any atom is -1.00 e. The van der Waals surface area contributed by atoms with Crippen molar-refractivity contribution < 1.29 is 36.4 Å². The molecule has 0 saturated heterocycles. The molecule has 3 aliphatic rings. The molecule has 0 heterocycles. The van der Waals surface area contributed by atoms with Crippen molar-refractivity contribution in [2.24, 2.45) is 0 Å². The first-order valence-corrected chi connectivity index (χ1v) is 38.5. The van der Waals surface area contributed by atoms with Crippen molar-refractivity contribution in [2.75, 3.05) is 0 Å². The Bertz CT molecular complexity index is 1620. The Morgan fingerprint density at radius 1 is 0.973 bits per heavy atom. The van der Waals surface area contributed by atoms with Gasteiger partial charge in [-0.05, 0) is 0 Å². The van der Waals surface area contributed by atoms with Crippen LogP contribution in [0, 0.1) is 0 Å². The molecule has 2 atom stereocenters. The fourth-order valence-electron chi connectivity index (χ4n) is 8.35. The molecule has 5 rings (SSSR count). The summed E-state index contributed by atoms with van der Waals surface area (Å²) in [6.07, 6.45) is 17.9. The van der Waals surface area contributed by atoms with Crippen LogP contribution in [-0.2, 0) is 24.4 Å². The first kappa shape index (κ1) is 31.1. The number of hydrogen-bond donors (Lipinski definition) is 0. The van der Waals surface area contributed by atoms with Crippen molar-refractivity contribution in [3.63, 3.8) is 0 Å². The second kappa shape index (κ2) is 7.85. The average molecular weight is 649 g/mol. The summed E-state index contributed by atoms with van der Waals surface area (Å²) in [6, 6.07) is 13.9. The molecule has 2 aromatic rings. The summed E-state index contributed by atoms with van der Waals surface area (Å²) in [5.41, 5.74) is 12.4. The molecular formula is C32H46Cl2Si2Zr-8. The number of benzene rings is 2. The second-order valence-corrected chi connectivity index (χ2v) is 122. The Balaban J connectivity index is 0.00000190. The molecule has 2 unspecified atom stereocenters. The predicted octanol–water partition coefficient (Wildman–Crippen LogP) is 2.37. The molecule has 0 bridgehead atoms. The molecule has 0 fully saturated rings. The first-order valence-electron chi connectivity index (χ1n) is 14.0. The van der Waals surface area contributed by atoms with Gasteiger partial charge in [0.15, 0.2) is 0 Å². The topological polar surface area (TPSA) is 0 Å². The van der Waals surface area contributed by atoms with E-state index in [1.54, 1.807) is 27.8 Å². The average Bonchev–Trinajstić information content (AvgIpc) is 3.48.